The molecule has 0 aliphatic rings. The summed E-state index contributed by atoms with van der Waals surface area (Å²) in [5, 5.41) is 0. The predicted molar refractivity (Wildman–Crippen MR) is 35.3 cm³/mol. The third-order valence-electron chi connectivity index (χ3n) is 0. The van der Waals surface area contributed by atoms with Crippen LogP contribution < -0.4 is 6.15 Å². The van der Waals surface area contributed by atoms with Crippen LogP contribution in [0.1, 0.15) is 0 Å². The van der Waals surface area contributed by atoms with Crippen LogP contribution in [0.25, 0.3) is 0 Å². The molecule has 0 saturated heterocycles. The predicted octanol–water partition coefficient (Wildman–Crippen LogP) is -2.10. The second-order valence-corrected chi connectivity index (χ2v) is 0. The molecule has 0 aromatic carbocycles. The molecule has 0 bridgehead atoms. The summed E-state index contributed by atoms with van der Waals surface area (Å²) in [4.78, 5) is 0. The van der Waals surface area contributed by atoms with Crippen LogP contribution in [-0.2, 0) is 17.1 Å². The molecule has 0 amide bonds. The number of hydrogen-bond donors (Lipinski definition) is 1. The van der Waals surface area contributed by atoms with Crippen LogP contribution in [0.2, 0.25) is 0 Å². The molecule has 0 radical (unpaired) electrons. The molecule has 0 aromatic heterocycles. The van der Waals surface area contributed by atoms with Crippen molar-refractivity contribution in [3.8, 4) is 0 Å². The quantitative estimate of drug-likeness (QED) is 0.410. The standard InChI is InChI=1S/Fe.Mg.H3N.H2S.H4Si.2H/h;;1H3;1H2;1H4;;. The Bertz CT molecular complexity index is 11.6. The zero-order valence-electron chi connectivity index (χ0n) is 1.56. The molecule has 5 heteroatoms. The molecule has 1 nitrogen and oxygen atoms in total. The molecule has 0 aliphatic carbocycles. The van der Waals surface area contributed by atoms with Crippen LogP contribution in [0.4, 0.5) is 0 Å². The van der Waals surface area contributed by atoms with Gasteiger partial charge < -0.3 is 6.15 Å². The third kappa shape index (κ3) is 25.7. The SMILES string of the molecule is N.S.[Fe].[MgH2].[SiH4]. The van der Waals surface area contributed by atoms with Crippen molar-refractivity contribution in [1.82, 2.24) is 6.15 Å². The molecule has 0 rings (SSSR count). The summed E-state index contributed by atoms with van der Waals surface area (Å²) in [6.45, 7) is 0. The maximum atomic E-state index is 0. The zero-order chi connectivity index (χ0) is 0. The van der Waals surface area contributed by atoms with E-state index in [0.29, 0.717) is 0 Å². The summed E-state index contributed by atoms with van der Waals surface area (Å²) in [7, 11) is 0. The first-order valence-corrected chi connectivity index (χ1v) is 0. The van der Waals surface area contributed by atoms with Crippen molar-refractivity contribution in [2.45, 2.75) is 0 Å². The first-order chi connectivity index (χ1) is 0. The van der Waals surface area contributed by atoms with E-state index in [4.69, 9.17) is 0 Å². The molecule has 0 unspecified atom stereocenters. The van der Waals surface area contributed by atoms with Crippen molar-refractivity contribution in [2.75, 3.05) is 0 Å². The van der Waals surface area contributed by atoms with E-state index in [1.165, 1.54) is 0 Å². The fraction of sp³-hybridized carbons (Fsp3) is 0. The Morgan fingerprint density at radius 3 is 1.00 bits per heavy atom. The van der Waals surface area contributed by atoms with Crippen molar-refractivity contribution >= 4 is 47.5 Å². The van der Waals surface area contributed by atoms with E-state index < -0.39 is 0 Å². The van der Waals surface area contributed by atoms with Crippen molar-refractivity contribution in [2.24, 2.45) is 0 Å². The van der Waals surface area contributed by atoms with Gasteiger partial charge in [0, 0.05) is 17.1 Å². The molecule has 0 saturated carbocycles. The van der Waals surface area contributed by atoms with Gasteiger partial charge in [-0.15, -0.1) is 0 Å². The summed E-state index contributed by atoms with van der Waals surface area (Å²) in [5.41, 5.74) is 0. The minimum atomic E-state index is 0. The van der Waals surface area contributed by atoms with Crippen LogP contribution in [0, 0.1) is 0 Å². The first-order valence-electron chi connectivity index (χ1n) is 0. The van der Waals surface area contributed by atoms with Gasteiger partial charge in [-0.2, -0.15) is 13.5 Å². The molecule has 36 valence electrons. The van der Waals surface area contributed by atoms with E-state index in [1.54, 1.807) is 0 Å². The van der Waals surface area contributed by atoms with Crippen LogP contribution >= 0.6 is 13.5 Å². The normalized spacial score (nSPS) is 0. The van der Waals surface area contributed by atoms with Gasteiger partial charge in [0.25, 0.3) is 0 Å². The Kier molecular flexibility index (Phi) is 574. The minimum absolute atomic E-state index is 0. The zero-order valence-corrected chi connectivity index (χ0v) is 3.66. The molecule has 0 spiro atoms. The Morgan fingerprint density at radius 1 is 1.00 bits per heavy atom. The van der Waals surface area contributed by atoms with Crippen LogP contribution in [0.5, 0.6) is 0 Å². The average Bonchev–Trinajstić information content (AvgIpc) is 0. The summed E-state index contributed by atoms with van der Waals surface area (Å²) >= 11 is 0. The maximum absolute atomic E-state index is 0. The van der Waals surface area contributed by atoms with Crippen molar-refractivity contribution in [1.29, 1.82) is 0 Å². The second-order valence-electron chi connectivity index (χ2n) is 0. The van der Waals surface area contributed by atoms with Gasteiger partial charge in [-0.25, -0.2) is 0 Å². The smallest absolute Gasteiger partial charge is 0.316 e. The molecule has 0 aromatic rings. The largest absolute Gasteiger partial charge is 0.344 e. The second kappa shape index (κ2) is 41.0. The average molecular weight is 165 g/mol. The van der Waals surface area contributed by atoms with Gasteiger partial charge in [0.2, 0.25) is 0 Å². The Balaban J connectivity index is 0. The van der Waals surface area contributed by atoms with Crippen LogP contribution in [0.15, 0.2) is 0 Å². The summed E-state index contributed by atoms with van der Waals surface area (Å²) in [6.07, 6.45) is 0. The number of rotatable bonds is 0. The van der Waals surface area contributed by atoms with E-state index in [0.717, 1.165) is 0 Å². The molecule has 0 atom stereocenters. The van der Waals surface area contributed by atoms with Crippen LogP contribution in [-0.4, -0.2) is 34.0 Å². The number of hydrogen-bond acceptors (Lipinski definition) is 1. The summed E-state index contributed by atoms with van der Waals surface area (Å²) in [6, 6.07) is 0. The van der Waals surface area contributed by atoms with Gasteiger partial charge in [0.05, 0.1) is 0 Å². The topological polar surface area (TPSA) is 35.0 Å². The Hall–Kier alpha value is 1.81. The molecule has 0 aliphatic heterocycles. The van der Waals surface area contributed by atoms with E-state index in [2.05, 4.69) is 0 Å². The maximum Gasteiger partial charge on any atom is 0.316 e. The fourth-order valence-corrected chi connectivity index (χ4v) is 0. The summed E-state index contributed by atoms with van der Waals surface area (Å²) in [5.74, 6) is 0. The van der Waals surface area contributed by atoms with Crippen LogP contribution in [0.3, 0.4) is 0 Å². The molecule has 5 heavy (non-hydrogen) atoms. The fourth-order valence-electron chi connectivity index (χ4n) is 0. The Labute approximate surface area is 70.3 Å². The van der Waals surface area contributed by atoms with Gasteiger partial charge in [-0.1, -0.05) is 0 Å². The monoisotopic (exact) mass is 165 g/mol. The Morgan fingerprint density at radius 2 is 1.00 bits per heavy atom. The van der Waals surface area contributed by atoms with Gasteiger partial charge in [0.15, 0.2) is 0 Å². The molecular formula is H11FeMgNSSi. The van der Waals surface area contributed by atoms with Crippen molar-refractivity contribution in [3.63, 3.8) is 0 Å². The third-order valence-corrected chi connectivity index (χ3v) is 0. The van der Waals surface area contributed by atoms with Crippen molar-refractivity contribution in [3.05, 3.63) is 0 Å². The van der Waals surface area contributed by atoms with Gasteiger partial charge in [-0.3, -0.25) is 0 Å². The first kappa shape index (κ1) is 70.1. The molecule has 3 N–H and O–H groups in total. The summed E-state index contributed by atoms with van der Waals surface area (Å²) < 4.78 is 0. The van der Waals surface area contributed by atoms with Gasteiger partial charge in [-0.05, 0) is 11.0 Å². The minimum Gasteiger partial charge on any atom is -0.344 e. The van der Waals surface area contributed by atoms with E-state index >= 15 is 0 Å². The van der Waals surface area contributed by atoms with E-state index in [1.807, 2.05) is 0 Å². The molecule has 0 fully saturated rings. The van der Waals surface area contributed by atoms with Gasteiger partial charge in [0.1, 0.15) is 0 Å². The molecule has 0 heterocycles. The molecular weight excluding hydrogens is 154 g/mol. The van der Waals surface area contributed by atoms with E-state index in [9.17, 15) is 0 Å². The van der Waals surface area contributed by atoms with E-state index in [-0.39, 0.29) is 70.7 Å². The van der Waals surface area contributed by atoms with Gasteiger partial charge >= 0.3 is 23.1 Å². The van der Waals surface area contributed by atoms with Crippen molar-refractivity contribution < 1.29 is 17.1 Å².